The maximum Gasteiger partial charge on any atom is 0.280 e. The van der Waals surface area contributed by atoms with Crippen molar-refractivity contribution in [3.63, 3.8) is 0 Å². The van der Waals surface area contributed by atoms with Crippen molar-refractivity contribution < 1.29 is 4.74 Å². The number of fused-ring (bicyclic) bond motifs is 1. The van der Waals surface area contributed by atoms with Gasteiger partial charge in [-0.25, -0.2) is 4.98 Å². The van der Waals surface area contributed by atoms with Gasteiger partial charge in [-0.1, -0.05) is 121 Å². The van der Waals surface area contributed by atoms with E-state index in [0.29, 0.717) is 17.8 Å². The van der Waals surface area contributed by atoms with Gasteiger partial charge in [0.15, 0.2) is 11.2 Å². The zero-order valence-electron chi connectivity index (χ0n) is 22.8. The molecule has 1 aromatic carbocycles. The number of H-pyrrole nitrogens is 1. The smallest absolute Gasteiger partial charge is 0.280 e. The van der Waals surface area contributed by atoms with Crippen LogP contribution in [0, 0.1) is 0 Å². The van der Waals surface area contributed by atoms with Crippen LogP contribution < -0.4 is 11.3 Å². The second-order valence-electron chi connectivity index (χ2n) is 10.2. The van der Waals surface area contributed by atoms with Crippen LogP contribution in [-0.4, -0.2) is 26.1 Å². The minimum Gasteiger partial charge on any atom is -0.369 e. The molecule has 0 spiro atoms. The Hall–Kier alpha value is -2.67. The lowest BCUT2D eigenvalue weighted by molar-refractivity contribution is -0.00293. The number of nitrogen functional groups attached to an aromatic ring is 1. The molecule has 3 rings (SSSR count). The van der Waals surface area contributed by atoms with Gasteiger partial charge in [0.05, 0.1) is 6.33 Å². The van der Waals surface area contributed by atoms with E-state index in [9.17, 15) is 4.79 Å². The van der Waals surface area contributed by atoms with Gasteiger partial charge in [-0.05, 0) is 24.8 Å². The summed E-state index contributed by atoms with van der Waals surface area (Å²) < 4.78 is 8.19. The number of hydrogen-bond donors (Lipinski definition) is 2. The lowest BCUT2D eigenvalue weighted by Gasteiger charge is -2.20. The summed E-state index contributed by atoms with van der Waals surface area (Å²) in [6.45, 7) is 2.95. The summed E-state index contributed by atoms with van der Waals surface area (Å²) in [6.07, 6.45) is 21.7. The highest BCUT2D eigenvalue weighted by Crippen LogP contribution is 2.22. The Kier molecular flexibility index (Phi) is 13.2. The van der Waals surface area contributed by atoms with Gasteiger partial charge >= 0.3 is 0 Å². The summed E-state index contributed by atoms with van der Waals surface area (Å²) >= 11 is 0. The van der Waals surface area contributed by atoms with Crippen molar-refractivity contribution in [1.29, 1.82) is 0 Å². The van der Waals surface area contributed by atoms with Crippen LogP contribution in [0.25, 0.3) is 11.2 Å². The molecule has 3 aromatic rings. The molecule has 0 bridgehead atoms. The van der Waals surface area contributed by atoms with Crippen molar-refractivity contribution >= 4 is 17.1 Å². The maximum absolute atomic E-state index is 12.2. The molecular formula is C30H47N5O2. The van der Waals surface area contributed by atoms with Crippen LogP contribution in [0.2, 0.25) is 0 Å². The SMILES string of the molecule is CCCCCCCCCCCCCCCCOC(CCc1ccccc1)n1cnc2c(=O)[nH]c(N)nc21. The summed E-state index contributed by atoms with van der Waals surface area (Å²) in [4.78, 5) is 23.4. The van der Waals surface area contributed by atoms with Gasteiger partial charge in [-0.3, -0.25) is 14.3 Å². The molecule has 0 saturated carbocycles. The molecule has 3 N–H and O–H groups in total. The number of hydrogen-bond acceptors (Lipinski definition) is 5. The van der Waals surface area contributed by atoms with Crippen LogP contribution in [0.1, 0.15) is 115 Å². The molecule has 1 unspecified atom stereocenters. The Bertz CT molecular complexity index is 1060. The fourth-order valence-corrected chi connectivity index (χ4v) is 4.91. The predicted octanol–water partition coefficient (Wildman–Crippen LogP) is 7.33. The van der Waals surface area contributed by atoms with Gasteiger partial charge in [0.2, 0.25) is 5.95 Å². The van der Waals surface area contributed by atoms with Crippen molar-refractivity contribution in [1.82, 2.24) is 19.5 Å². The van der Waals surface area contributed by atoms with E-state index in [1.807, 2.05) is 22.8 Å². The molecule has 0 aliphatic heterocycles. The lowest BCUT2D eigenvalue weighted by Crippen LogP contribution is -2.17. The molecule has 0 saturated heterocycles. The van der Waals surface area contributed by atoms with Gasteiger partial charge in [0, 0.05) is 6.61 Å². The molecule has 0 amide bonds. The van der Waals surface area contributed by atoms with Crippen LogP contribution in [-0.2, 0) is 11.2 Å². The van der Waals surface area contributed by atoms with Crippen molar-refractivity contribution in [2.24, 2.45) is 0 Å². The number of nitrogens with zero attached hydrogens (tertiary/aromatic N) is 3. The first-order valence-electron chi connectivity index (χ1n) is 14.6. The number of aryl methyl sites for hydroxylation is 1. The monoisotopic (exact) mass is 509 g/mol. The molecule has 37 heavy (non-hydrogen) atoms. The number of aromatic nitrogens is 4. The Labute approximate surface area is 222 Å². The van der Waals surface area contributed by atoms with Crippen LogP contribution in [0.4, 0.5) is 5.95 Å². The minimum absolute atomic E-state index is 0.0908. The zero-order chi connectivity index (χ0) is 26.1. The summed E-state index contributed by atoms with van der Waals surface area (Å²) in [5.41, 5.74) is 7.50. The summed E-state index contributed by atoms with van der Waals surface area (Å²) in [5, 5.41) is 0. The highest BCUT2D eigenvalue weighted by molar-refractivity contribution is 5.70. The molecule has 2 heterocycles. The second-order valence-corrected chi connectivity index (χ2v) is 10.2. The Balaban J connectivity index is 1.37. The number of unbranched alkanes of at least 4 members (excludes halogenated alkanes) is 13. The fraction of sp³-hybridized carbons (Fsp3) is 0.633. The number of imidazole rings is 1. The third-order valence-corrected chi connectivity index (χ3v) is 7.09. The van der Waals surface area contributed by atoms with Crippen molar-refractivity contribution in [2.75, 3.05) is 12.3 Å². The molecule has 0 aliphatic carbocycles. The van der Waals surface area contributed by atoms with Crippen LogP contribution in [0.5, 0.6) is 0 Å². The van der Waals surface area contributed by atoms with E-state index in [4.69, 9.17) is 10.5 Å². The average molecular weight is 510 g/mol. The van der Waals surface area contributed by atoms with Crippen LogP contribution in [0.3, 0.4) is 0 Å². The van der Waals surface area contributed by atoms with Gasteiger partial charge in [-0.15, -0.1) is 0 Å². The van der Waals surface area contributed by atoms with Crippen LogP contribution >= 0.6 is 0 Å². The molecule has 0 aliphatic rings. The van der Waals surface area contributed by atoms with Gasteiger partial charge in [0.1, 0.15) is 6.23 Å². The first-order chi connectivity index (χ1) is 18.2. The number of benzene rings is 1. The second kappa shape index (κ2) is 17.0. The summed E-state index contributed by atoms with van der Waals surface area (Å²) in [5.74, 6) is 0.0908. The normalized spacial score (nSPS) is 12.4. The number of nitrogens with one attached hydrogen (secondary N) is 1. The Morgan fingerprint density at radius 2 is 1.49 bits per heavy atom. The number of ether oxygens (including phenoxy) is 1. The summed E-state index contributed by atoms with van der Waals surface area (Å²) in [6, 6.07) is 10.4. The third-order valence-electron chi connectivity index (χ3n) is 7.09. The lowest BCUT2D eigenvalue weighted by atomic mass is 10.0. The summed E-state index contributed by atoms with van der Waals surface area (Å²) in [7, 11) is 0. The largest absolute Gasteiger partial charge is 0.369 e. The Morgan fingerprint density at radius 1 is 0.892 bits per heavy atom. The quantitative estimate of drug-likeness (QED) is 0.155. The molecule has 2 aromatic heterocycles. The van der Waals surface area contributed by atoms with E-state index in [-0.39, 0.29) is 17.7 Å². The highest BCUT2D eigenvalue weighted by atomic mass is 16.5. The van der Waals surface area contributed by atoms with Crippen molar-refractivity contribution in [3.8, 4) is 0 Å². The molecule has 0 fully saturated rings. The number of aromatic amines is 1. The van der Waals surface area contributed by atoms with E-state index in [1.165, 1.54) is 89.0 Å². The average Bonchev–Trinajstić information content (AvgIpc) is 3.32. The molecule has 204 valence electrons. The Morgan fingerprint density at radius 3 is 2.11 bits per heavy atom. The molecule has 7 heteroatoms. The molecular weight excluding hydrogens is 462 g/mol. The minimum atomic E-state index is -0.324. The zero-order valence-corrected chi connectivity index (χ0v) is 22.8. The van der Waals surface area contributed by atoms with Gasteiger partial charge < -0.3 is 10.5 Å². The highest BCUT2D eigenvalue weighted by Gasteiger charge is 2.18. The third kappa shape index (κ3) is 10.3. The first kappa shape index (κ1) is 28.9. The van der Waals surface area contributed by atoms with Crippen molar-refractivity contribution in [3.05, 3.63) is 52.6 Å². The maximum atomic E-state index is 12.2. The fourth-order valence-electron chi connectivity index (χ4n) is 4.91. The number of nitrogens with two attached hydrogens (primary N) is 1. The van der Waals surface area contributed by atoms with E-state index in [1.54, 1.807) is 6.33 Å². The predicted molar refractivity (Wildman–Crippen MR) is 153 cm³/mol. The standard InChI is InChI=1S/C30H47N5O2/c1-2-3-4-5-6-7-8-9-10-11-12-13-14-18-23-37-26(22-21-25-19-16-15-17-20-25)35-24-32-27-28(35)33-30(31)34-29(27)36/h15-17,19-20,24,26H,2-14,18,21-23H2,1H3,(H3,31,33,34,36). The topological polar surface area (TPSA) is 98.8 Å². The van der Waals surface area contributed by atoms with Crippen molar-refractivity contribution in [2.45, 2.75) is 116 Å². The van der Waals surface area contributed by atoms with E-state index in [2.05, 4.69) is 34.0 Å². The number of anilines is 1. The number of rotatable bonds is 20. The first-order valence-corrected chi connectivity index (χ1v) is 14.6. The van der Waals surface area contributed by atoms with Crippen LogP contribution in [0.15, 0.2) is 41.5 Å². The van der Waals surface area contributed by atoms with E-state index < -0.39 is 0 Å². The van der Waals surface area contributed by atoms with E-state index >= 15 is 0 Å². The molecule has 1 atom stereocenters. The van der Waals surface area contributed by atoms with Gasteiger partial charge in [0.25, 0.3) is 5.56 Å². The molecule has 0 radical (unpaired) electrons. The van der Waals surface area contributed by atoms with Gasteiger partial charge in [-0.2, -0.15) is 4.98 Å². The molecule has 7 nitrogen and oxygen atoms in total. The van der Waals surface area contributed by atoms with E-state index in [0.717, 1.165) is 19.3 Å².